The minimum atomic E-state index is 0.601. The first-order valence-electron chi connectivity index (χ1n) is 7.01. The molecule has 0 radical (unpaired) electrons. The molecule has 0 saturated heterocycles. The van der Waals surface area contributed by atoms with Crippen LogP contribution < -0.4 is 5.32 Å². The van der Waals surface area contributed by atoms with E-state index in [2.05, 4.69) is 33.0 Å². The molecule has 1 N–H and O–H groups in total. The summed E-state index contributed by atoms with van der Waals surface area (Å²) < 4.78 is 10.9. The van der Waals surface area contributed by atoms with Gasteiger partial charge in [-0.15, -0.1) is 0 Å². The van der Waals surface area contributed by atoms with Crippen molar-refractivity contribution in [1.29, 1.82) is 0 Å². The Morgan fingerprint density at radius 2 is 1.53 bits per heavy atom. The molecule has 0 bridgehead atoms. The van der Waals surface area contributed by atoms with Gasteiger partial charge in [-0.1, -0.05) is 27.7 Å². The van der Waals surface area contributed by atoms with Gasteiger partial charge in [-0.3, -0.25) is 0 Å². The molecule has 0 aromatic heterocycles. The molecule has 0 amide bonds. The average molecular weight is 245 g/mol. The Labute approximate surface area is 107 Å². The Morgan fingerprint density at radius 1 is 0.824 bits per heavy atom. The maximum Gasteiger partial charge on any atom is 0.0700 e. The van der Waals surface area contributed by atoms with Gasteiger partial charge in [0.15, 0.2) is 0 Å². The van der Waals surface area contributed by atoms with E-state index >= 15 is 0 Å². The second-order valence-electron chi connectivity index (χ2n) is 5.25. The van der Waals surface area contributed by atoms with Crippen molar-refractivity contribution in [3.05, 3.63) is 0 Å². The predicted molar refractivity (Wildman–Crippen MR) is 73.5 cm³/mol. The van der Waals surface area contributed by atoms with Crippen LogP contribution in [0, 0.1) is 5.92 Å². The summed E-state index contributed by atoms with van der Waals surface area (Å²) in [7, 11) is 0. The SMILES string of the molecule is CC(C)COCCOCCCCCNC(C)C. The topological polar surface area (TPSA) is 30.5 Å². The van der Waals surface area contributed by atoms with Crippen molar-refractivity contribution in [3.8, 4) is 0 Å². The summed E-state index contributed by atoms with van der Waals surface area (Å²) in [6.07, 6.45) is 3.64. The molecule has 0 atom stereocenters. The summed E-state index contributed by atoms with van der Waals surface area (Å²) in [4.78, 5) is 0. The Bertz CT molecular complexity index is 133. The average Bonchev–Trinajstić information content (AvgIpc) is 2.25. The molecule has 104 valence electrons. The van der Waals surface area contributed by atoms with Crippen LogP contribution in [-0.2, 0) is 9.47 Å². The molecule has 3 nitrogen and oxygen atoms in total. The highest BCUT2D eigenvalue weighted by molar-refractivity contribution is 4.52. The van der Waals surface area contributed by atoms with Gasteiger partial charge in [0.05, 0.1) is 13.2 Å². The lowest BCUT2D eigenvalue weighted by Crippen LogP contribution is -2.23. The van der Waals surface area contributed by atoms with Gasteiger partial charge in [0, 0.05) is 19.3 Å². The van der Waals surface area contributed by atoms with Crippen molar-refractivity contribution in [2.24, 2.45) is 5.92 Å². The lowest BCUT2D eigenvalue weighted by atomic mass is 10.2. The van der Waals surface area contributed by atoms with Gasteiger partial charge in [-0.2, -0.15) is 0 Å². The van der Waals surface area contributed by atoms with Crippen molar-refractivity contribution in [1.82, 2.24) is 5.32 Å². The van der Waals surface area contributed by atoms with Crippen LogP contribution in [0.25, 0.3) is 0 Å². The van der Waals surface area contributed by atoms with Crippen LogP contribution in [0.3, 0.4) is 0 Å². The maximum atomic E-state index is 5.50. The zero-order chi connectivity index (χ0) is 12.9. The molecule has 0 aliphatic heterocycles. The molecule has 0 aliphatic carbocycles. The Kier molecular flexibility index (Phi) is 12.3. The van der Waals surface area contributed by atoms with E-state index < -0.39 is 0 Å². The molecule has 0 spiro atoms. The van der Waals surface area contributed by atoms with Crippen molar-refractivity contribution < 1.29 is 9.47 Å². The summed E-state index contributed by atoms with van der Waals surface area (Å²) in [5.41, 5.74) is 0. The number of rotatable bonds is 12. The molecular weight excluding hydrogens is 214 g/mol. The minimum Gasteiger partial charge on any atom is -0.379 e. The standard InChI is InChI=1S/C14H31NO2/c1-13(2)12-17-11-10-16-9-7-5-6-8-15-14(3)4/h13-15H,5-12H2,1-4H3. The Hall–Kier alpha value is -0.120. The summed E-state index contributed by atoms with van der Waals surface area (Å²) in [6, 6.07) is 0.601. The van der Waals surface area contributed by atoms with Crippen LogP contribution in [0.1, 0.15) is 47.0 Å². The number of unbranched alkanes of at least 4 members (excludes halogenated alkanes) is 2. The van der Waals surface area contributed by atoms with E-state index in [4.69, 9.17) is 9.47 Å². The summed E-state index contributed by atoms with van der Waals surface area (Å²) in [5.74, 6) is 0.614. The fourth-order valence-corrected chi connectivity index (χ4v) is 1.44. The number of hydrogen-bond donors (Lipinski definition) is 1. The minimum absolute atomic E-state index is 0.601. The molecule has 0 aliphatic rings. The molecule has 0 aromatic carbocycles. The smallest absolute Gasteiger partial charge is 0.0700 e. The maximum absolute atomic E-state index is 5.50. The van der Waals surface area contributed by atoms with Gasteiger partial charge in [-0.05, 0) is 31.7 Å². The van der Waals surface area contributed by atoms with Crippen molar-refractivity contribution >= 4 is 0 Å². The third kappa shape index (κ3) is 15.9. The molecule has 0 saturated carbocycles. The molecule has 0 rings (SSSR count). The summed E-state index contributed by atoms with van der Waals surface area (Å²) >= 11 is 0. The fraction of sp³-hybridized carbons (Fsp3) is 1.00. The largest absolute Gasteiger partial charge is 0.379 e. The lowest BCUT2D eigenvalue weighted by molar-refractivity contribution is 0.0366. The van der Waals surface area contributed by atoms with E-state index in [1.165, 1.54) is 12.8 Å². The monoisotopic (exact) mass is 245 g/mol. The van der Waals surface area contributed by atoms with Crippen molar-refractivity contribution in [3.63, 3.8) is 0 Å². The molecular formula is C14H31NO2. The van der Waals surface area contributed by atoms with E-state index in [1.807, 2.05) is 0 Å². The van der Waals surface area contributed by atoms with Crippen LogP contribution in [0.2, 0.25) is 0 Å². The second kappa shape index (κ2) is 12.3. The number of nitrogens with one attached hydrogen (secondary N) is 1. The lowest BCUT2D eigenvalue weighted by Gasteiger charge is -2.08. The van der Waals surface area contributed by atoms with Crippen LogP contribution in [-0.4, -0.2) is 39.0 Å². The van der Waals surface area contributed by atoms with Crippen LogP contribution in [0.15, 0.2) is 0 Å². The molecule has 0 aromatic rings. The van der Waals surface area contributed by atoms with E-state index in [1.54, 1.807) is 0 Å². The van der Waals surface area contributed by atoms with Gasteiger partial charge in [-0.25, -0.2) is 0 Å². The zero-order valence-electron chi connectivity index (χ0n) is 12.1. The fourth-order valence-electron chi connectivity index (χ4n) is 1.44. The zero-order valence-corrected chi connectivity index (χ0v) is 12.1. The van der Waals surface area contributed by atoms with Gasteiger partial charge >= 0.3 is 0 Å². The van der Waals surface area contributed by atoms with Crippen LogP contribution >= 0.6 is 0 Å². The molecule has 3 heteroatoms. The Balaban J connectivity index is 2.94. The van der Waals surface area contributed by atoms with Crippen LogP contribution in [0.4, 0.5) is 0 Å². The van der Waals surface area contributed by atoms with Crippen molar-refractivity contribution in [2.75, 3.05) is 33.0 Å². The van der Waals surface area contributed by atoms with Gasteiger partial charge in [0.1, 0.15) is 0 Å². The molecule has 0 unspecified atom stereocenters. The van der Waals surface area contributed by atoms with Crippen LogP contribution in [0.5, 0.6) is 0 Å². The first kappa shape index (κ1) is 16.9. The molecule has 17 heavy (non-hydrogen) atoms. The molecule has 0 heterocycles. The van der Waals surface area contributed by atoms with E-state index in [9.17, 15) is 0 Å². The van der Waals surface area contributed by atoms with Gasteiger partial charge < -0.3 is 14.8 Å². The Morgan fingerprint density at radius 3 is 2.18 bits per heavy atom. The van der Waals surface area contributed by atoms with Gasteiger partial charge in [0.2, 0.25) is 0 Å². The van der Waals surface area contributed by atoms with Gasteiger partial charge in [0.25, 0.3) is 0 Å². The highest BCUT2D eigenvalue weighted by Crippen LogP contribution is 1.96. The molecule has 0 fully saturated rings. The first-order valence-corrected chi connectivity index (χ1v) is 7.01. The second-order valence-corrected chi connectivity index (χ2v) is 5.25. The summed E-state index contributed by atoms with van der Waals surface area (Å²) in [5, 5.41) is 3.41. The van der Waals surface area contributed by atoms with E-state index in [0.29, 0.717) is 12.0 Å². The first-order chi connectivity index (χ1) is 8.13. The quantitative estimate of drug-likeness (QED) is 0.536. The highest BCUT2D eigenvalue weighted by Gasteiger charge is 1.95. The number of ether oxygens (including phenoxy) is 2. The highest BCUT2D eigenvalue weighted by atomic mass is 16.5. The third-order valence-electron chi connectivity index (χ3n) is 2.34. The van der Waals surface area contributed by atoms with Crippen molar-refractivity contribution in [2.45, 2.75) is 53.0 Å². The normalized spacial score (nSPS) is 11.6. The summed E-state index contributed by atoms with van der Waals surface area (Å²) in [6.45, 7) is 13.0. The number of hydrogen-bond acceptors (Lipinski definition) is 3. The van der Waals surface area contributed by atoms with E-state index in [-0.39, 0.29) is 0 Å². The van der Waals surface area contributed by atoms with E-state index in [0.717, 1.165) is 39.4 Å². The predicted octanol–water partition coefficient (Wildman–Crippen LogP) is 2.84. The third-order valence-corrected chi connectivity index (χ3v) is 2.34.